The maximum Gasteiger partial charge on any atom is 0.0689 e. The van der Waals surface area contributed by atoms with E-state index in [1.807, 2.05) is 0 Å². The zero-order chi connectivity index (χ0) is 19.1. The number of hydrogen-bond acceptors (Lipinski definition) is 1. The van der Waals surface area contributed by atoms with Crippen LogP contribution in [0.1, 0.15) is 108 Å². The minimum absolute atomic E-state index is 0.0258. The molecule has 0 unspecified atom stereocenters. The average molecular weight is 366 g/mol. The van der Waals surface area contributed by atoms with Crippen LogP contribution in [0.2, 0.25) is 0 Å². The normalized spacial score (nSPS) is 31.4. The van der Waals surface area contributed by atoms with Crippen molar-refractivity contribution in [3.05, 3.63) is 35.4 Å². The Hall–Kier alpha value is -1.29. The molecule has 1 nitrogen and oxygen atoms in total. The van der Waals surface area contributed by atoms with Crippen LogP contribution < -0.4 is 0 Å². The minimum atomic E-state index is -0.0258. The molecule has 0 radical (unpaired) electrons. The molecule has 0 aromatic heterocycles. The predicted octanol–water partition coefficient (Wildman–Crippen LogP) is 7.80. The van der Waals surface area contributed by atoms with Crippen LogP contribution in [0.4, 0.5) is 0 Å². The molecule has 1 aromatic carbocycles. The van der Waals surface area contributed by atoms with E-state index in [2.05, 4.69) is 44.2 Å². The standard InChI is InChI=1S/C26H39N/c1-3-17-26(20-27)18-15-25(16-19-26)24-13-11-23(12-14-24)10-9-22-7-5-21(4-2)6-8-22/h11-14,21-22,25H,3-10,15-19H2,1-2H3/t21-,22-,25?,26?. The Balaban J connectivity index is 1.46. The molecule has 3 rings (SSSR count). The van der Waals surface area contributed by atoms with Crippen molar-refractivity contribution in [2.75, 3.05) is 0 Å². The average Bonchev–Trinajstić information content (AvgIpc) is 2.74. The zero-order valence-electron chi connectivity index (χ0n) is 17.7. The molecule has 0 aliphatic heterocycles. The van der Waals surface area contributed by atoms with Crippen molar-refractivity contribution in [1.29, 1.82) is 5.26 Å². The lowest BCUT2D eigenvalue weighted by Crippen LogP contribution is -2.25. The fraction of sp³-hybridized carbons (Fsp3) is 0.731. The first-order chi connectivity index (χ1) is 13.2. The highest BCUT2D eigenvalue weighted by molar-refractivity contribution is 5.26. The lowest BCUT2D eigenvalue weighted by atomic mass is 9.68. The Kier molecular flexibility index (Phi) is 7.40. The third-order valence-corrected chi connectivity index (χ3v) is 7.74. The van der Waals surface area contributed by atoms with Crippen LogP contribution in [-0.2, 0) is 6.42 Å². The molecule has 0 spiro atoms. The fourth-order valence-corrected chi connectivity index (χ4v) is 5.66. The van der Waals surface area contributed by atoms with Crippen LogP contribution in [0.15, 0.2) is 24.3 Å². The molecule has 2 aliphatic rings. The van der Waals surface area contributed by atoms with Crippen LogP contribution in [0, 0.1) is 28.6 Å². The number of aryl methyl sites for hydroxylation is 1. The van der Waals surface area contributed by atoms with Crippen molar-refractivity contribution in [2.24, 2.45) is 17.3 Å². The molecule has 0 N–H and O–H groups in total. The van der Waals surface area contributed by atoms with Crippen LogP contribution in [0.5, 0.6) is 0 Å². The predicted molar refractivity (Wildman–Crippen MR) is 115 cm³/mol. The van der Waals surface area contributed by atoms with Crippen molar-refractivity contribution in [3.63, 3.8) is 0 Å². The summed E-state index contributed by atoms with van der Waals surface area (Å²) in [5, 5.41) is 9.61. The van der Waals surface area contributed by atoms with E-state index in [0.717, 1.165) is 37.5 Å². The monoisotopic (exact) mass is 365 g/mol. The van der Waals surface area contributed by atoms with Gasteiger partial charge in [-0.3, -0.25) is 0 Å². The van der Waals surface area contributed by atoms with Gasteiger partial charge < -0.3 is 0 Å². The Morgan fingerprint density at radius 1 is 0.926 bits per heavy atom. The van der Waals surface area contributed by atoms with Gasteiger partial charge in [-0.15, -0.1) is 0 Å². The molecule has 0 atom stereocenters. The quantitative estimate of drug-likeness (QED) is 0.483. The van der Waals surface area contributed by atoms with Gasteiger partial charge in [0.05, 0.1) is 11.5 Å². The van der Waals surface area contributed by atoms with Gasteiger partial charge in [0.2, 0.25) is 0 Å². The Morgan fingerprint density at radius 3 is 2.11 bits per heavy atom. The van der Waals surface area contributed by atoms with E-state index >= 15 is 0 Å². The third-order valence-electron chi connectivity index (χ3n) is 7.74. The first kappa shape index (κ1) is 20.4. The first-order valence-electron chi connectivity index (χ1n) is 11.7. The molecule has 2 saturated carbocycles. The highest BCUT2D eigenvalue weighted by Crippen LogP contribution is 2.45. The second kappa shape index (κ2) is 9.77. The molecule has 27 heavy (non-hydrogen) atoms. The number of nitrogens with zero attached hydrogens (tertiary/aromatic N) is 1. The molecule has 0 heterocycles. The third kappa shape index (κ3) is 5.37. The summed E-state index contributed by atoms with van der Waals surface area (Å²) < 4.78 is 0. The van der Waals surface area contributed by atoms with Gasteiger partial charge in [0.25, 0.3) is 0 Å². The number of rotatable bonds is 7. The van der Waals surface area contributed by atoms with Gasteiger partial charge in [-0.1, -0.05) is 76.6 Å². The van der Waals surface area contributed by atoms with Crippen molar-refractivity contribution >= 4 is 0 Å². The Morgan fingerprint density at radius 2 is 1.56 bits per heavy atom. The molecular weight excluding hydrogens is 326 g/mol. The number of hydrogen-bond donors (Lipinski definition) is 0. The van der Waals surface area contributed by atoms with Crippen LogP contribution in [-0.4, -0.2) is 0 Å². The molecule has 0 saturated heterocycles. The van der Waals surface area contributed by atoms with Gasteiger partial charge in [0, 0.05) is 0 Å². The summed E-state index contributed by atoms with van der Waals surface area (Å²) in [6, 6.07) is 12.2. The van der Waals surface area contributed by atoms with E-state index in [4.69, 9.17) is 0 Å². The number of benzene rings is 1. The molecule has 1 aromatic rings. The van der Waals surface area contributed by atoms with Crippen molar-refractivity contribution < 1.29 is 0 Å². The lowest BCUT2D eigenvalue weighted by Gasteiger charge is -2.35. The van der Waals surface area contributed by atoms with Gasteiger partial charge >= 0.3 is 0 Å². The summed E-state index contributed by atoms with van der Waals surface area (Å²) in [6.07, 6.45) is 16.6. The van der Waals surface area contributed by atoms with E-state index in [0.29, 0.717) is 5.92 Å². The van der Waals surface area contributed by atoms with E-state index in [9.17, 15) is 5.26 Å². The SMILES string of the molecule is CCCC1(C#N)CCC(c2ccc(CC[C@H]3CC[C@H](CC)CC3)cc2)CC1. The van der Waals surface area contributed by atoms with Crippen molar-refractivity contribution in [1.82, 2.24) is 0 Å². The van der Waals surface area contributed by atoms with Crippen LogP contribution in [0.3, 0.4) is 0 Å². The summed E-state index contributed by atoms with van der Waals surface area (Å²) in [5.41, 5.74) is 3.00. The van der Waals surface area contributed by atoms with E-state index < -0.39 is 0 Å². The minimum Gasteiger partial charge on any atom is -0.198 e. The maximum atomic E-state index is 9.61. The summed E-state index contributed by atoms with van der Waals surface area (Å²) in [7, 11) is 0. The van der Waals surface area contributed by atoms with E-state index in [1.165, 1.54) is 68.9 Å². The van der Waals surface area contributed by atoms with Crippen LogP contribution in [0.25, 0.3) is 0 Å². The zero-order valence-corrected chi connectivity index (χ0v) is 17.7. The summed E-state index contributed by atoms with van der Waals surface area (Å²) in [4.78, 5) is 0. The van der Waals surface area contributed by atoms with Crippen LogP contribution >= 0.6 is 0 Å². The molecular formula is C26H39N. The fourth-order valence-electron chi connectivity index (χ4n) is 5.66. The van der Waals surface area contributed by atoms with E-state index in [1.54, 1.807) is 0 Å². The molecule has 2 fully saturated rings. The van der Waals surface area contributed by atoms with Gasteiger partial charge in [-0.25, -0.2) is 0 Å². The second-order valence-electron chi connectivity index (χ2n) is 9.49. The largest absolute Gasteiger partial charge is 0.198 e. The highest BCUT2D eigenvalue weighted by atomic mass is 14.4. The summed E-state index contributed by atoms with van der Waals surface area (Å²) in [5.74, 6) is 2.64. The summed E-state index contributed by atoms with van der Waals surface area (Å²) >= 11 is 0. The van der Waals surface area contributed by atoms with Gasteiger partial charge in [0.1, 0.15) is 0 Å². The highest BCUT2D eigenvalue weighted by Gasteiger charge is 2.35. The lowest BCUT2D eigenvalue weighted by molar-refractivity contribution is 0.228. The molecule has 2 aliphatic carbocycles. The molecule has 148 valence electrons. The molecule has 0 bridgehead atoms. The Labute approximate surface area is 167 Å². The topological polar surface area (TPSA) is 23.8 Å². The second-order valence-corrected chi connectivity index (χ2v) is 9.49. The smallest absolute Gasteiger partial charge is 0.0689 e. The Bertz CT molecular complexity index is 592. The van der Waals surface area contributed by atoms with Gasteiger partial charge in [-0.2, -0.15) is 5.26 Å². The summed E-state index contributed by atoms with van der Waals surface area (Å²) in [6.45, 7) is 4.56. The van der Waals surface area contributed by atoms with Gasteiger partial charge in [0.15, 0.2) is 0 Å². The molecule has 0 amide bonds. The first-order valence-corrected chi connectivity index (χ1v) is 11.7. The van der Waals surface area contributed by atoms with Crippen molar-refractivity contribution in [3.8, 4) is 6.07 Å². The van der Waals surface area contributed by atoms with E-state index in [-0.39, 0.29) is 5.41 Å². The maximum absolute atomic E-state index is 9.61. The van der Waals surface area contributed by atoms with Gasteiger partial charge in [-0.05, 0) is 73.8 Å². The molecule has 1 heteroatoms. The number of nitriles is 1. The van der Waals surface area contributed by atoms with Crippen molar-refractivity contribution in [2.45, 2.75) is 103 Å².